The maximum Gasteiger partial charge on any atom is 0.419 e. The maximum absolute atomic E-state index is 13.3. The molecule has 10 heteroatoms. The molecule has 0 aliphatic heterocycles. The number of rotatable bonds is 4. The van der Waals surface area contributed by atoms with Gasteiger partial charge in [0.25, 0.3) is 0 Å². The Labute approximate surface area is 170 Å². The number of carbonyl (C=O) groups is 1. The van der Waals surface area contributed by atoms with Gasteiger partial charge in [0.15, 0.2) is 10.8 Å². The topological polar surface area (TPSA) is 73.1 Å². The molecule has 0 radical (unpaired) electrons. The first-order chi connectivity index (χ1) is 13.7. The Morgan fingerprint density at radius 1 is 1.34 bits per heavy atom. The molecule has 2 aromatic rings. The lowest BCUT2D eigenvalue weighted by Gasteiger charge is -2.48. The predicted molar refractivity (Wildman–Crippen MR) is 104 cm³/mol. The summed E-state index contributed by atoms with van der Waals surface area (Å²) in [7, 11) is 1.49. The zero-order valence-electron chi connectivity index (χ0n) is 15.3. The summed E-state index contributed by atoms with van der Waals surface area (Å²) >= 11 is 5.57. The van der Waals surface area contributed by atoms with Gasteiger partial charge in [0.1, 0.15) is 17.9 Å². The van der Waals surface area contributed by atoms with Crippen molar-refractivity contribution in [1.29, 1.82) is 5.26 Å². The Kier molecular flexibility index (Phi) is 5.53. The van der Waals surface area contributed by atoms with E-state index in [1.807, 2.05) is 0 Å². The fraction of sp³-hybridized carbons (Fsp3) is 0.316. The zero-order chi connectivity index (χ0) is 21.2. The van der Waals surface area contributed by atoms with Gasteiger partial charge in [-0.1, -0.05) is 0 Å². The molecule has 3 rings (SSSR count). The zero-order valence-corrected chi connectivity index (χ0v) is 16.2. The van der Waals surface area contributed by atoms with Crippen molar-refractivity contribution >= 4 is 35.0 Å². The van der Waals surface area contributed by atoms with Crippen molar-refractivity contribution in [3.8, 4) is 6.07 Å². The minimum atomic E-state index is -4.74. The summed E-state index contributed by atoms with van der Waals surface area (Å²) in [4.78, 5) is 22.6. The Morgan fingerprint density at radius 2 is 2.07 bits per heavy atom. The number of nitrogens with zero attached hydrogens (tertiary/aromatic N) is 5. The van der Waals surface area contributed by atoms with Crippen LogP contribution in [0.5, 0.6) is 0 Å². The summed E-state index contributed by atoms with van der Waals surface area (Å²) in [5.74, 6) is 0. The van der Waals surface area contributed by atoms with Crippen LogP contribution >= 0.6 is 12.2 Å². The summed E-state index contributed by atoms with van der Waals surface area (Å²) in [6.07, 6.45) is 2.32. The molecule has 0 saturated heterocycles. The average Bonchev–Trinajstić information content (AvgIpc) is 2.69. The number of thiocarbonyl (C=S) groups is 1. The first kappa shape index (κ1) is 20.7. The molecule has 0 atom stereocenters. The lowest BCUT2D eigenvalue weighted by molar-refractivity contribution is -0.138. The molecule has 150 valence electrons. The quantitative estimate of drug-likeness (QED) is 0.552. The molecule has 0 aromatic carbocycles. The van der Waals surface area contributed by atoms with E-state index < -0.39 is 23.0 Å². The second-order valence-corrected chi connectivity index (χ2v) is 7.03. The minimum absolute atomic E-state index is 0.0515. The SMILES string of the molecule is CN(C(=S)N(c1cccnc1)C1(C=O)CCC1)c1cnc(C#N)c(C(F)(F)F)c1. The molecule has 29 heavy (non-hydrogen) atoms. The van der Waals surface area contributed by atoms with E-state index in [0.29, 0.717) is 18.5 Å². The van der Waals surface area contributed by atoms with E-state index in [1.54, 1.807) is 29.4 Å². The molecule has 0 amide bonds. The van der Waals surface area contributed by atoms with Crippen LogP contribution in [0.15, 0.2) is 36.8 Å². The van der Waals surface area contributed by atoms with Crippen molar-refractivity contribution < 1.29 is 18.0 Å². The van der Waals surface area contributed by atoms with E-state index in [1.165, 1.54) is 18.0 Å². The van der Waals surface area contributed by atoms with Gasteiger partial charge in [-0.3, -0.25) is 4.98 Å². The number of hydrogen-bond donors (Lipinski definition) is 0. The number of carbonyl (C=O) groups excluding carboxylic acids is 1. The number of halogens is 3. The summed E-state index contributed by atoms with van der Waals surface area (Å²) in [5, 5.41) is 9.06. The number of hydrogen-bond acceptors (Lipinski definition) is 5. The summed E-state index contributed by atoms with van der Waals surface area (Å²) in [5.41, 5.74) is -2.12. The maximum atomic E-state index is 13.3. The van der Waals surface area contributed by atoms with Crippen molar-refractivity contribution in [2.45, 2.75) is 31.0 Å². The molecule has 0 spiro atoms. The van der Waals surface area contributed by atoms with Crippen LogP contribution in [0.1, 0.15) is 30.5 Å². The van der Waals surface area contributed by atoms with Crippen LogP contribution in [0.4, 0.5) is 24.5 Å². The van der Waals surface area contributed by atoms with E-state index in [-0.39, 0.29) is 10.8 Å². The molecule has 2 heterocycles. The smallest absolute Gasteiger partial charge is 0.320 e. The van der Waals surface area contributed by atoms with Crippen LogP contribution in [0, 0.1) is 11.3 Å². The van der Waals surface area contributed by atoms with Crippen molar-refractivity contribution in [1.82, 2.24) is 9.97 Å². The number of alkyl halides is 3. The lowest BCUT2D eigenvalue weighted by Crippen LogP contribution is -2.60. The van der Waals surface area contributed by atoms with E-state index in [2.05, 4.69) is 9.97 Å². The van der Waals surface area contributed by atoms with Gasteiger partial charge in [-0.25, -0.2) is 4.98 Å². The van der Waals surface area contributed by atoms with Gasteiger partial charge in [0.05, 0.1) is 29.3 Å². The molecule has 0 N–H and O–H groups in total. The summed E-state index contributed by atoms with van der Waals surface area (Å²) in [6.45, 7) is 0. The highest BCUT2D eigenvalue weighted by Gasteiger charge is 2.45. The van der Waals surface area contributed by atoms with Crippen molar-refractivity contribution in [3.63, 3.8) is 0 Å². The van der Waals surface area contributed by atoms with Gasteiger partial charge in [-0.05, 0) is 49.7 Å². The first-order valence-corrected chi connectivity index (χ1v) is 9.06. The van der Waals surface area contributed by atoms with Crippen LogP contribution in [0.3, 0.4) is 0 Å². The largest absolute Gasteiger partial charge is 0.419 e. The van der Waals surface area contributed by atoms with E-state index >= 15 is 0 Å². The van der Waals surface area contributed by atoms with Crippen LogP contribution in [-0.4, -0.2) is 34.0 Å². The Bertz CT molecular complexity index is 970. The molecule has 0 unspecified atom stereocenters. The van der Waals surface area contributed by atoms with E-state index in [4.69, 9.17) is 17.5 Å². The van der Waals surface area contributed by atoms with Crippen LogP contribution < -0.4 is 9.80 Å². The highest BCUT2D eigenvalue weighted by Crippen LogP contribution is 2.40. The van der Waals surface area contributed by atoms with E-state index in [9.17, 15) is 18.0 Å². The Balaban J connectivity index is 2.03. The van der Waals surface area contributed by atoms with Gasteiger partial charge in [-0.15, -0.1) is 0 Å². The molecule has 1 saturated carbocycles. The Morgan fingerprint density at radius 3 is 2.55 bits per heavy atom. The van der Waals surface area contributed by atoms with Gasteiger partial charge in [-0.2, -0.15) is 18.4 Å². The lowest BCUT2D eigenvalue weighted by atomic mass is 9.76. The normalized spacial score (nSPS) is 15.0. The van der Waals surface area contributed by atoms with Crippen molar-refractivity contribution in [3.05, 3.63) is 48.0 Å². The van der Waals surface area contributed by atoms with Gasteiger partial charge in [0, 0.05) is 13.2 Å². The fourth-order valence-electron chi connectivity index (χ4n) is 3.18. The summed E-state index contributed by atoms with van der Waals surface area (Å²) < 4.78 is 39.9. The molecule has 6 nitrogen and oxygen atoms in total. The van der Waals surface area contributed by atoms with Crippen molar-refractivity contribution in [2.24, 2.45) is 0 Å². The van der Waals surface area contributed by atoms with Crippen LogP contribution in [0.25, 0.3) is 0 Å². The molecule has 2 aromatic heterocycles. The molecule has 1 fully saturated rings. The monoisotopic (exact) mass is 419 g/mol. The first-order valence-electron chi connectivity index (χ1n) is 8.65. The number of aromatic nitrogens is 2. The number of aldehydes is 1. The third-order valence-corrected chi connectivity index (χ3v) is 5.39. The van der Waals surface area contributed by atoms with Gasteiger partial charge >= 0.3 is 6.18 Å². The second kappa shape index (κ2) is 7.75. The average molecular weight is 419 g/mol. The molecule has 1 aliphatic rings. The second-order valence-electron chi connectivity index (χ2n) is 6.66. The molecule has 0 bridgehead atoms. The highest BCUT2D eigenvalue weighted by atomic mass is 32.1. The fourth-order valence-corrected chi connectivity index (χ4v) is 3.57. The van der Waals surface area contributed by atoms with Crippen LogP contribution in [0.2, 0.25) is 0 Å². The highest BCUT2D eigenvalue weighted by molar-refractivity contribution is 7.80. The standard InChI is InChI=1S/C19H16F3N5OS/c1-26(14-8-15(19(20,21)22)16(9-23)25-11-14)17(29)27(13-4-2-7-24-10-13)18(12-28)5-3-6-18/h2,4,7-8,10-12H,3,5-6H2,1H3. The number of nitriles is 1. The Hall–Kier alpha value is -3.06. The van der Waals surface area contributed by atoms with E-state index in [0.717, 1.165) is 25.0 Å². The third kappa shape index (κ3) is 3.78. The van der Waals surface area contributed by atoms with Gasteiger partial charge in [0.2, 0.25) is 0 Å². The minimum Gasteiger partial charge on any atom is -0.320 e. The van der Waals surface area contributed by atoms with Crippen LogP contribution in [-0.2, 0) is 11.0 Å². The molecular formula is C19H16F3N5OS. The number of anilines is 2. The van der Waals surface area contributed by atoms with Gasteiger partial charge < -0.3 is 14.6 Å². The van der Waals surface area contributed by atoms with Crippen molar-refractivity contribution in [2.75, 3.05) is 16.8 Å². The number of pyridine rings is 2. The third-order valence-electron chi connectivity index (χ3n) is 4.94. The molecule has 1 aliphatic carbocycles. The molecular weight excluding hydrogens is 403 g/mol. The predicted octanol–water partition coefficient (Wildman–Crippen LogP) is 3.72. The summed E-state index contributed by atoms with van der Waals surface area (Å²) in [6, 6.07) is 5.70.